The molecule has 0 radical (unpaired) electrons. The molecule has 5 nitrogen and oxygen atoms in total. The normalized spacial score (nSPS) is 21.5. The van der Waals surface area contributed by atoms with Gasteiger partial charge in [0.25, 0.3) is 0 Å². The van der Waals surface area contributed by atoms with Crippen LogP contribution in [0.25, 0.3) is 16.3 Å². The van der Waals surface area contributed by atoms with E-state index in [2.05, 4.69) is 63.0 Å². The molecule has 0 saturated carbocycles. The number of aliphatic imine (C=N–C) groups is 1. The molecule has 5 heteroatoms. The molecule has 2 fully saturated rings. The van der Waals surface area contributed by atoms with E-state index in [-0.39, 0.29) is 0 Å². The van der Waals surface area contributed by atoms with Crippen LogP contribution in [0.5, 0.6) is 0 Å². The largest absolute Gasteiger partial charge is 0.344 e. The van der Waals surface area contributed by atoms with Crippen LogP contribution < -0.4 is 5.32 Å². The van der Waals surface area contributed by atoms with Gasteiger partial charge in [-0.15, -0.1) is 0 Å². The lowest BCUT2D eigenvalue weighted by Gasteiger charge is -2.41. The predicted octanol–water partition coefficient (Wildman–Crippen LogP) is 4.78. The number of nitrogens with zero attached hydrogens (tertiary/aromatic N) is 4. The molecule has 0 aliphatic carbocycles. The molecule has 0 bridgehead atoms. The number of hydrogen-bond donors (Lipinski definition) is 1. The average Bonchev–Trinajstić information content (AvgIpc) is 3.34. The molecule has 0 amide bonds. The Morgan fingerprint density at radius 3 is 2.58 bits per heavy atom. The third-order valence-corrected chi connectivity index (χ3v) is 7.25. The lowest BCUT2D eigenvalue weighted by molar-refractivity contribution is 0.0914. The van der Waals surface area contributed by atoms with Crippen molar-refractivity contribution in [2.75, 3.05) is 38.5 Å². The summed E-state index contributed by atoms with van der Waals surface area (Å²) in [4.78, 5) is 14.0. The first-order valence-corrected chi connectivity index (χ1v) is 11.6. The van der Waals surface area contributed by atoms with Gasteiger partial charge in [0, 0.05) is 48.1 Å². The molecule has 1 aromatic carbocycles. The summed E-state index contributed by atoms with van der Waals surface area (Å²) in [5, 5.41) is 5.88. The Labute approximate surface area is 185 Å². The second-order valence-electron chi connectivity index (χ2n) is 9.32. The highest BCUT2D eigenvalue weighted by Gasteiger charge is 2.28. The highest BCUT2D eigenvalue weighted by molar-refractivity contribution is 5.91. The molecular formula is C26H33N5. The Morgan fingerprint density at radius 1 is 1.03 bits per heavy atom. The number of aromatic nitrogens is 1. The zero-order valence-corrected chi connectivity index (χ0v) is 18.6. The van der Waals surface area contributed by atoms with Crippen LogP contribution in [0.4, 0.5) is 5.82 Å². The van der Waals surface area contributed by atoms with E-state index >= 15 is 0 Å². The van der Waals surface area contributed by atoms with E-state index in [1.165, 1.54) is 68.4 Å². The summed E-state index contributed by atoms with van der Waals surface area (Å²) in [5.74, 6) is 1.41. The average molecular weight is 416 g/mol. The van der Waals surface area contributed by atoms with Crippen molar-refractivity contribution in [1.29, 1.82) is 0 Å². The highest BCUT2D eigenvalue weighted by Crippen LogP contribution is 2.29. The van der Waals surface area contributed by atoms with Crippen molar-refractivity contribution < 1.29 is 0 Å². The van der Waals surface area contributed by atoms with Crippen molar-refractivity contribution in [2.45, 2.75) is 38.1 Å². The molecule has 3 aliphatic heterocycles. The van der Waals surface area contributed by atoms with Crippen LogP contribution in [0, 0.1) is 5.92 Å². The molecule has 0 unspecified atom stereocenters. The third-order valence-electron chi connectivity index (χ3n) is 7.25. The number of allylic oxidation sites excluding steroid dienone is 2. The lowest BCUT2D eigenvalue weighted by Crippen LogP contribution is -2.47. The standard InChI is InChI=1S/C26H33N5/c1-19(20-6-13-31(14-7-20)25-8-11-30(2)12-9-25)29-26-16-24-15-21(23-5-10-27-17-23)3-4-22(24)18-28-26/h3-4,10,15-18,20,25H,1,5-9,11-14H2,2H3,(H,28,29). The molecule has 162 valence electrons. The van der Waals surface area contributed by atoms with Crippen LogP contribution in [0.2, 0.25) is 0 Å². The Morgan fingerprint density at radius 2 is 1.84 bits per heavy atom. The number of hydrogen-bond acceptors (Lipinski definition) is 5. The molecule has 1 N–H and O–H groups in total. The zero-order valence-electron chi connectivity index (χ0n) is 18.6. The van der Waals surface area contributed by atoms with Gasteiger partial charge >= 0.3 is 0 Å². The van der Waals surface area contributed by atoms with Crippen molar-refractivity contribution in [2.24, 2.45) is 10.9 Å². The van der Waals surface area contributed by atoms with Gasteiger partial charge in [0.15, 0.2) is 0 Å². The fourth-order valence-electron chi connectivity index (χ4n) is 5.19. The van der Waals surface area contributed by atoms with Gasteiger partial charge in [-0.05, 0) is 87.6 Å². The van der Waals surface area contributed by atoms with Gasteiger partial charge in [0.1, 0.15) is 5.82 Å². The fourth-order valence-corrected chi connectivity index (χ4v) is 5.19. The van der Waals surface area contributed by atoms with E-state index in [1.54, 1.807) is 0 Å². The summed E-state index contributed by atoms with van der Waals surface area (Å²) in [5.41, 5.74) is 3.62. The smallest absolute Gasteiger partial charge is 0.130 e. The topological polar surface area (TPSA) is 43.8 Å². The second-order valence-corrected chi connectivity index (χ2v) is 9.32. The lowest BCUT2D eigenvalue weighted by atomic mass is 9.91. The Hall–Kier alpha value is -2.50. The predicted molar refractivity (Wildman–Crippen MR) is 130 cm³/mol. The van der Waals surface area contributed by atoms with Crippen LogP contribution in [-0.2, 0) is 0 Å². The molecular weight excluding hydrogens is 382 g/mol. The Bertz CT molecular complexity index is 1010. The maximum atomic E-state index is 4.64. The number of benzene rings is 1. The quantitative estimate of drug-likeness (QED) is 0.763. The van der Waals surface area contributed by atoms with E-state index in [0.29, 0.717) is 5.92 Å². The van der Waals surface area contributed by atoms with Crippen molar-refractivity contribution in [3.05, 3.63) is 54.5 Å². The summed E-state index contributed by atoms with van der Waals surface area (Å²) < 4.78 is 0. The van der Waals surface area contributed by atoms with E-state index in [0.717, 1.165) is 29.4 Å². The Balaban J connectivity index is 1.20. The fraction of sp³-hybridized carbons (Fsp3) is 0.462. The minimum Gasteiger partial charge on any atom is -0.344 e. The van der Waals surface area contributed by atoms with Crippen molar-refractivity contribution in [3.63, 3.8) is 0 Å². The molecule has 31 heavy (non-hydrogen) atoms. The number of rotatable bonds is 5. The number of anilines is 1. The summed E-state index contributed by atoms with van der Waals surface area (Å²) in [6.45, 7) is 9.22. The molecule has 4 heterocycles. The number of nitrogens with one attached hydrogen (secondary N) is 1. The summed E-state index contributed by atoms with van der Waals surface area (Å²) in [6, 6.07) is 9.47. The first-order chi connectivity index (χ1) is 15.2. The summed E-state index contributed by atoms with van der Waals surface area (Å²) in [6.07, 6.45) is 11.8. The van der Waals surface area contributed by atoms with Gasteiger partial charge in [-0.1, -0.05) is 18.7 Å². The van der Waals surface area contributed by atoms with Crippen molar-refractivity contribution in [1.82, 2.24) is 14.8 Å². The SMILES string of the molecule is C=C(Nc1cc2cc(C3=CN=CC3)ccc2cn1)C1CCN(C2CCN(C)CC2)CC1. The van der Waals surface area contributed by atoms with Crippen LogP contribution in [0.1, 0.15) is 37.7 Å². The minimum atomic E-state index is 0.520. The second kappa shape index (κ2) is 8.93. The van der Waals surface area contributed by atoms with Crippen LogP contribution in [0.15, 0.2) is 53.9 Å². The molecule has 0 atom stereocenters. The van der Waals surface area contributed by atoms with Crippen LogP contribution in [0.3, 0.4) is 0 Å². The molecule has 2 aromatic rings. The molecule has 5 rings (SSSR count). The van der Waals surface area contributed by atoms with Gasteiger partial charge in [-0.3, -0.25) is 4.99 Å². The van der Waals surface area contributed by atoms with Gasteiger partial charge in [-0.25, -0.2) is 4.98 Å². The molecule has 1 aromatic heterocycles. The maximum Gasteiger partial charge on any atom is 0.130 e. The number of pyridine rings is 1. The van der Waals surface area contributed by atoms with E-state index < -0.39 is 0 Å². The highest BCUT2D eigenvalue weighted by atomic mass is 15.2. The molecule has 3 aliphatic rings. The van der Waals surface area contributed by atoms with E-state index in [9.17, 15) is 0 Å². The Kier molecular flexibility index (Phi) is 5.88. The van der Waals surface area contributed by atoms with Crippen molar-refractivity contribution >= 4 is 28.4 Å². The number of piperidine rings is 2. The third kappa shape index (κ3) is 4.58. The number of fused-ring (bicyclic) bond motifs is 1. The van der Waals surface area contributed by atoms with Gasteiger partial charge < -0.3 is 15.1 Å². The van der Waals surface area contributed by atoms with E-state index in [1.807, 2.05) is 18.6 Å². The van der Waals surface area contributed by atoms with Gasteiger partial charge in [0.2, 0.25) is 0 Å². The maximum absolute atomic E-state index is 4.64. The van der Waals surface area contributed by atoms with Crippen molar-refractivity contribution in [3.8, 4) is 0 Å². The monoisotopic (exact) mass is 415 g/mol. The van der Waals surface area contributed by atoms with Crippen LogP contribution in [-0.4, -0.2) is 60.3 Å². The number of likely N-dealkylation sites (tertiary alicyclic amines) is 2. The van der Waals surface area contributed by atoms with Crippen LogP contribution >= 0.6 is 0 Å². The molecule has 0 spiro atoms. The van der Waals surface area contributed by atoms with Gasteiger partial charge in [0.05, 0.1) is 0 Å². The summed E-state index contributed by atoms with van der Waals surface area (Å²) >= 11 is 0. The van der Waals surface area contributed by atoms with Gasteiger partial charge in [-0.2, -0.15) is 0 Å². The molecule has 2 saturated heterocycles. The first-order valence-electron chi connectivity index (χ1n) is 11.6. The summed E-state index contributed by atoms with van der Waals surface area (Å²) in [7, 11) is 2.24. The minimum absolute atomic E-state index is 0.520. The zero-order chi connectivity index (χ0) is 21.2. The first kappa shape index (κ1) is 20.4. The van der Waals surface area contributed by atoms with E-state index in [4.69, 9.17) is 0 Å².